The van der Waals surface area contributed by atoms with Gasteiger partial charge in [-0.1, -0.05) is 41.5 Å². The van der Waals surface area contributed by atoms with E-state index in [0.717, 1.165) is 19.0 Å². The number of nitrogens with zero attached hydrogens (tertiary/aromatic N) is 1. The van der Waals surface area contributed by atoms with E-state index >= 15 is 0 Å². The number of ether oxygens (including phenoxy) is 1. The first-order chi connectivity index (χ1) is 11.0. The zero-order chi connectivity index (χ0) is 18.4. The Kier molecular flexibility index (Phi) is 15.7. The zero-order valence-corrected chi connectivity index (χ0v) is 17.4. The van der Waals surface area contributed by atoms with Crippen LogP contribution in [-0.4, -0.2) is 37.6 Å². The van der Waals surface area contributed by atoms with E-state index in [0.29, 0.717) is 22.5 Å². The van der Waals surface area contributed by atoms with Crippen LogP contribution < -0.4 is 5.73 Å². The number of carbonyl (C=O) groups is 1. The number of likely N-dealkylation sites (tertiary alicyclic amines) is 1. The van der Waals surface area contributed by atoms with Crippen LogP contribution in [0.2, 0.25) is 0 Å². The Morgan fingerprint density at radius 2 is 1.83 bits per heavy atom. The monoisotopic (exact) mass is 390 g/mol. The summed E-state index contributed by atoms with van der Waals surface area (Å²) in [4.78, 5) is 14.1. The summed E-state index contributed by atoms with van der Waals surface area (Å²) in [6.45, 7) is 15.2. The molecule has 1 saturated heterocycles. The first-order valence-corrected chi connectivity index (χ1v) is 9.35. The standard InChI is InChI=1S/C14H23BrN2O2.2C2H6/c1-10-4-5-17(8-11(10)2)9-12(14(18)19-3)6-13(15)7-16;2*1-2/h6-7,10-11H,4-5,8-9,16H2,1-3H3;2*1-2H3/b12-6+,13-7+;;. The maximum atomic E-state index is 11.8. The van der Waals surface area contributed by atoms with Crippen molar-refractivity contribution in [2.45, 2.75) is 48.0 Å². The molecule has 4 nitrogen and oxygen atoms in total. The molecular weight excluding hydrogens is 356 g/mol. The van der Waals surface area contributed by atoms with E-state index < -0.39 is 0 Å². The lowest BCUT2D eigenvalue weighted by molar-refractivity contribution is -0.136. The molecule has 23 heavy (non-hydrogen) atoms. The maximum absolute atomic E-state index is 11.8. The van der Waals surface area contributed by atoms with Gasteiger partial charge in [0.1, 0.15) is 0 Å². The molecule has 0 radical (unpaired) electrons. The second-order valence-electron chi connectivity index (χ2n) is 5.19. The highest BCUT2D eigenvalue weighted by molar-refractivity contribution is 9.11. The lowest BCUT2D eigenvalue weighted by Crippen LogP contribution is -2.40. The molecule has 5 heteroatoms. The average molecular weight is 391 g/mol. The number of hydrogen-bond donors (Lipinski definition) is 1. The van der Waals surface area contributed by atoms with Gasteiger partial charge >= 0.3 is 5.97 Å². The van der Waals surface area contributed by atoms with Gasteiger partial charge in [-0.25, -0.2) is 4.79 Å². The van der Waals surface area contributed by atoms with E-state index in [9.17, 15) is 4.79 Å². The van der Waals surface area contributed by atoms with E-state index in [-0.39, 0.29) is 5.97 Å². The molecule has 1 heterocycles. The third-order valence-electron chi connectivity index (χ3n) is 3.73. The van der Waals surface area contributed by atoms with Crippen LogP contribution in [0.3, 0.4) is 0 Å². The van der Waals surface area contributed by atoms with Gasteiger partial charge in [0.05, 0.1) is 12.7 Å². The number of methoxy groups -OCH3 is 1. The minimum absolute atomic E-state index is 0.301. The van der Waals surface area contributed by atoms with Crippen molar-refractivity contribution in [3.63, 3.8) is 0 Å². The summed E-state index contributed by atoms with van der Waals surface area (Å²) < 4.78 is 5.51. The summed E-state index contributed by atoms with van der Waals surface area (Å²) in [5.74, 6) is 1.10. The van der Waals surface area contributed by atoms with E-state index in [1.54, 1.807) is 6.08 Å². The van der Waals surface area contributed by atoms with Crippen molar-refractivity contribution in [3.8, 4) is 0 Å². The summed E-state index contributed by atoms with van der Waals surface area (Å²) in [7, 11) is 1.40. The highest BCUT2D eigenvalue weighted by Gasteiger charge is 2.24. The number of carbonyl (C=O) groups excluding carboxylic acids is 1. The molecule has 0 spiro atoms. The van der Waals surface area contributed by atoms with Gasteiger partial charge in [0.2, 0.25) is 0 Å². The molecule has 1 aliphatic rings. The lowest BCUT2D eigenvalue weighted by Gasteiger charge is -2.35. The van der Waals surface area contributed by atoms with Gasteiger partial charge in [0.15, 0.2) is 0 Å². The summed E-state index contributed by atoms with van der Waals surface area (Å²) in [5, 5.41) is 0. The summed E-state index contributed by atoms with van der Waals surface area (Å²) >= 11 is 3.29. The Morgan fingerprint density at radius 3 is 2.26 bits per heavy atom. The minimum atomic E-state index is -0.301. The SMILES string of the molecule is CC.CC.COC(=O)/C(=C/C(Br)=C\N)CN1CCC(C)C(C)C1. The van der Waals surface area contributed by atoms with E-state index in [4.69, 9.17) is 10.5 Å². The number of allylic oxidation sites excluding steroid dienone is 2. The average Bonchev–Trinajstić information content (AvgIpc) is 2.60. The number of rotatable bonds is 4. The first-order valence-electron chi connectivity index (χ1n) is 8.56. The topological polar surface area (TPSA) is 55.6 Å². The van der Waals surface area contributed by atoms with Crippen LogP contribution in [0.25, 0.3) is 0 Å². The van der Waals surface area contributed by atoms with Crippen LogP contribution in [0, 0.1) is 11.8 Å². The van der Waals surface area contributed by atoms with Gasteiger partial charge in [0, 0.05) is 23.8 Å². The van der Waals surface area contributed by atoms with Gasteiger partial charge in [0.25, 0.3) is 0 Å². The molecule has 0 saturated carbocycles. The number of piperidine rings is 1. The number of halogens is 1. The highest BCUT2D eigenvalue weighted by atomic mass is 79.9. The van der Waals surface area contributed by atoms with Gasteiger partial charge in [-0.15, -0.1) is 0 Å². The van der Waals surface area contributed by atoms with Crippen molar-refractivity contribution in [3.05, 3.63) is 22.3 Å². The molecule has 0 aliphatic carbocycles. The quantitative estimate of drug-likeness (QED) is 0.441. The fraction of sp³-hybridized carbons (Fsp3) is 0.722. The molecule has 0 aromatic heterocycles. The summed E-state index contributed by atoms with van der Waals surface area (Å²) in [6, 6.07) is 0. The van der Waals surface area contributed by atoms with Crippen molar-refractivity contribution < 1.29 is 9.53 Å². The molecule has 1 aliphatic heterocycles. The minimum Gasteiger partial charge on any atom is -0.466 e. The Labute approximate surface area is 151 Å². The third-order valence-corrected chi connectivity index (χ3v) is 4.22. The molecule has 2 unspecified atom stereocenters. The summed E-state index contributed by atoms with van der Waals surface area (Å²) in [5.41, 5.74) is 6.04. The molecule has 0 amide bonds. The Morgan fingerprint density at radius 1 is 1.26 bits per heavy atom. The van der Waals surface area contributed by atoms with Crippen molar-refractivity contribution in [2.24, 2.45) is 17.6 Å². The van der Waals surface area contributed by atoms with Crippen molar-refractivity contribution in [1.82, 2.24) is 4.90 Å². The van der Waals surface area contributed by atoms with Crippen LogP contribution in [0.1, 0.15) is 48.0 Å². The molecular formula is C18H35BrN2O2. The fourth-order valence-electron chi connectivity index (χ4n) is 2.25. The second kappa shape index (κ2) is 14.8. The number of nitrogens with two attached hydrogens (primary N) is 1. The van der Waals surface area contributed by atoms with Crippen LogP contribution in [0.15, 0.2) is 22.3 Å². The molecule has 2 atom stereocenters. The Balaban J connectivity index is 0. The molecule has 0 bridgehead atoms. The predicted molar refractivity (Wildman–Crippen MR) is 103 cm³/mol. The Bertz CT molecular complexity index is 381. The first kappa shape index (κ1) is 24.4. The van der Waals surface area contributed by atoms with Crippen molar-refractivity contribution in [2.75, 3.05) is 26.7 Å². The molecule has 0 aromatic rings. The normalized spacial score (nSPS) is 22.3. The van der Waals surface area contributed by atoms with E-state index in [2.05, 4.69) is 34.7 Å². The highest BCUT2D eigenvalue weighted by Crippen LogP contribution is 2.23. The molecule has 136 valence electrons. The van der Waals surface area contributed by atoms with Gasteiger partial charge in [-0.2, -0.15) is 0 Å². The second-order valence-corrected chi connectivity index (χ2v) is 6.11. The van der Waals surface area contributed by atoms with Crippen LogP contribution in [-0.2, 0) is 9.53 Å². The lowest BCUT2D eigenvalue weighted by atomic mass is 9.88. The van der Waals surface area contributed by atoms with Crippen LogP contribution >= 0.6 is 15.9 Å². The maximum Gasteiger partial charge on any atom is 0.335 e. The predicted octanol–water partition coefficient (Wildman–Crippen LogP) is 4.31. The largest absolute Gasteiger partial charge is 0.466 e. The Hall–Kier alpha value is -0.810. The van der Waals surface area contributed by atoms with Crippen molar-refractivity contribution in [1.29, 1.82) is 0 Å². The number of hydrogen-bond acceptors (Lipinski definition) is 4. The molecule has 2 N–H and O–H groups in total. The van der Waals surface area contributed by atoms with Crippen LogP contribution in [0.5, 0.6) is 0 Å². The van der Waals surface area contributed by atoms with Gasteiger partial charge < -0.3 is 10.5 Å². The third kappa shape index (κ3) is 9.82. The van der Waals surface area contributed by atoms with Crippen molar-refractivity contribution >= 4 is 21.9 Å². The smallest absolute Gasteiger partial charge is 0.335 e. The zero-order valence-electron chi connectivity index (χ0n) is 15.9. The van der Waals surface area contributed by atoms with Gasteiger partial charge in [-0.05, 0) is 46.8 Å². The number of esters is 1. The molecule has 0 aromatic carbocycles. The fourth-order valence-corrected chi connectivity index (χ4v) is 2.52. The molecule has 1 fully saturated rings. The van der Waals surface area contributed by atoms with Crippen LogP contribution in [0.4, 0.5) is 0 Å². The van der Waals surface area contributed by atoms with E-state index in [1.165, 1.54) is 19.7 Å². The summed E-state index contributed by atoms with van der Waals surface area (Å²) in [6.07, 6.45) is 4.32. The van der Waals surface area contributed by atoms with Gasteiger partial charge in [-0.3, -0.25) is 4.90 Å². The molecule has 1 rings (SSSR count). The van der Waals surface area contributed by atoms with E-state index in [1.807, 2.05) is 27.7 Å².